The largest absolute Gasteiger partial charge is 0.310 e. The maximum atomic E-state index is 12.7. The quantitative estimate of drug-likeness (QED) is 0.743. The molecule has 0 heterocycles. The van der Waals surface area contributed by atoms with Crippen LogP contribution in [-0.4, -0.2) is 6.04 Å². The summed E-state index contributed by atoms with van der Waals surface area (Å²) in [5.74, 6) is 0.732. The van der Waals surface area contributed by atoms with Gasteiger partial charge in [0.2, 0.25) is 0 Å². The van der Waals surface area contributed by atoms with Gasteiger partial charge in [-0.2, -0.15) is 0 Å². The number of rotatable bonds is 5. The second kappa shape index (κ2) is 7.72. The first kappa shape index (κ1) is 15.4. The molecule has 0 aliphatic heterocycles. The SMILES string of the molecule is C[C@@H](NCc1cccc(C(F)F)c1)C1CCCCCC1. The van der Waals surface area contributed by atoms with Gasteiger partial charge in [-0.05, 0) is 37.3 Å². The lowest BCUT2D eigenvalue weighted by atomic mass is 9.93. The lowest BCUT2D eigenvalue weighted by molar-refractivity contribution is 0.151. The van der Waals surface area contributed by atoms with Gasteiger partial charge in [0, 0.05) is 18.2 Å². The van der Waals surface area contributed by atoms with Crippen molar-refractivity contribution < 1.29 is 8.78 Å². The smallest absolute Gasteiger partial charge is 0.263 e. The molecule has 1 aromatic carbocycles. The number of halogens is 2. The molecule has 3 heteroatoms. The van der Waals surface area contributed by atoms with E-state index in [1.807, 2.05) is 6.07 Å². The van der Waals surface area contributed by atoms with Gasteiger partial charge in [0.15, 0.2) is 0 Å². The summed E-state index contributed by atoms with van der Waals surface area (Å²) in [5.41, 5.74) is 1.06. The Morgan fingerprint density at radius 2 is 1.85 bits per heavy atom. The molecule has 1 saturated carbocycles. The minimum Gasteiger partial charge on any atom is -0.310 e. The van der Waals surface area contributed by atoms with Crippen LogP contribution >= 0.6 is 0 Å². The van der Waals surface area contributed by atoms with E-state index in [9.17, 15) is 8.78 Å². The average Bonchev–Trinajstić information content (AvgIpc) is 2.74. The molecular formula is C17H25F2N. The van der Waals surface area contributed by atoms with Gasteiger partial charge in [0.25, 0.3) is 6.43 Å². The Bertz CT molecular complexity index is 398. The fourth-order valence-electron chi connectivity index (χ4n) is 3.10. The molecule has 0 amide bonds. The highest BCUT2D eigenvalue weighted by molar-refractivity contribution is 5.24. The molecule has 0 radical (unpaired) electrons. The van der Waals surface area contributed by atoms with Crippen LogP contribution in [-0.2, 0) is 6.54 Å². The average molecular weight is 281 g/mol. The van der Waals surface area contributed by atoms with Crippen molar-refractivity contribution in [3.05, 3.63) is 35.4 Å². The monoisotopic (exact) mass is 281 g/mol. The van der Waals surface area contributed by atoms with Crippen LogP contribution < -0.4 is 5.32 Å². The number of hydrogen-bond donors (Lipinski definition) is 1. The van der Waals surface area contributed by atoms with Crippen LogP contribution in [0.4, 0.5) is 8.78 Å². The highest BCUT2D eigenvalue weighted by Crippen LogP contribution is 2.26. The molecule has 20 heavy (non-hydrogen) atoms. The molecule has 1 fully saturated rings. The minimum atomic E-state index is -2.38. The van der Waals surface area contributed by atoms with E-state index in [1.54, 1.807) is 12.1 Å². The summed E-state index contributed by atoms with van der Waals surface area (Å²) < 4.78 is 25.3. The molecule has 0 saturated heterocycles. The zero-order valence-electron chi connectivity index (χ0n) is 12.2. The Kier molecular flexibility index (Phi) is 5.96. The number of alkyl halides is 2. The van der Waals surface area contributed by atoms with Gasteiger partial charge in [0.05, 0.1) is 0 Å². The predicted molar refractivity (Wildman–Crippen MR) is 78.9 cm³/mol. The molecule has 1 N–H and O–H groups in total. The molecule has 0 unspecified atom stereocenters. The lowest BCUT2D eigenvalue weighted by Gasteiger charge is -2.23. The third-order valence-corrected chi connectivity index (χ3v) is 4.44. The second-order valence-corrected chi connectivity index (χ2v) is 5.97. The standard InChI is InChI=1S/C17H25F2N/c1-13(15-8-4-2-3-5-9-15)20-12-14-7-6-10-16(11-14)17(18)19/h6-7,10-11,13,15,17,20H,2-5,8-9,12H2,1H3/t13-/m1/s1. The first-order valence-corrected chi connectivity index (χ1v) is 7.77. The van der Waals surface area contributed by atoms with E-state index in [1.165, 1.54) is 44.6 Å². The molecule has 1 aromatic rings. The molecule has 1 atom stereocenters. The fraction of sp³-hybridized carbons (Fsp3) is 0.647. The van der Waals surface area contributed by atoms with Crippen LogP contribution in [0.2, 0.25) is 0 Å². The van der Waals surface area contributed by atoms with Gasteiger partial charge in [-0.3, -0.25) is 0 Å². The van der Waals surface area contributed by atoms with Crippen LogP contribution in [0.3, 0.4) is 0 Å². The molecule has 2 rings (SSSR count). The van der Waals surface area contributed by atoms with Gasteiger partial charge < -0.3 is 5.32 Å². The highest BCUT2D eigenvalue weighted by Gasteiger charge is 2.18. The number of benzene rings is 1. The van der Waals surface area contributed by atoms with Crippen molar-refractivity contribution in [1.82, 2.24) is 5.32 Å². The van der Waals surface area contributed by atoms with Gasteiger partial charge >= 0.3 is 0 Å². The van der Waals surface area contributed by atoms with E-state index in [2.05, 4.69) is 12.2 Å². The van der Waals surface area contributed by atoms with Crippen molar-refractivity contribution in [3.63, 3.8) is 0 Å². The predicted octanol–water partition coefficient (Wildman–Crippen LogP) is 5.07. The third-order valence-electron chi connectivity index (χ3n) is 4.44. The van der Waals surface area contributed by atoms with Crippen LogP contribution in [0.15, 0.2) is 24.3 Å². The number of hydrogen-bond acceptors (Lipinski definition) is 1. The van der Waals surface area contributed by atoms with Crippen LogP contribution in [0, 0.1) is 5.92 Å². The highest BCUT2D eigenvalue weighted by atomic mass is 19.3. The molecule has 0 spiro atoms. The minimum absolute atomic E-state index is 0.117. The van der Waals surface area contributed by atoms with Gasteiger partial charge in [0.1, 0.15) is 0 Å². The summed E-state index contributed by atoms with van der Waals surface area (Å²) in [5, 5.41) is 3.52. The Morgan fingerprint density at radius 3 is 2.50 bits per heavy atom. The summed E-state index contributed by atoms with van der Waals surface area (Å²) in [6.45, 7) is 2.91. The van der Waals surface area contributed by atoms with E-state index < -0.39 is 6.43 Å². The van der Waals surface area contributed by atoms with Crippen LogP contribution in [0.1, 0.15) is 63.0 Å². The zero-order chi connectivity index (χ0) is 14.4. The Morgan fingerprint density at radius 1 is 1.15 bits per heavy atom. The van der Waals surface area contributed by atoms with E-state index in [4.69, 9.17) is 0 Å². The molecular weight excluding hydrogens is 256 g/mol. The van der Waals surface area contributed by atoms with Crippen LogP contribution in [0.5, 0.6) is 0 Å². The summed E-state index contributed by atoms with van der Waals surface area (Å²) in [4.78, 5) is 0. The normalized spacial score (nSPS) is 19.0. The topological polar surface area (TPSA) is 12.0 Å². The third kappa shape index (κ3) is 4.55. The van der Waals surface area contributed by atoms with Crippen LogP contribution in [0.25, 0.3) is 0 Å². The summed E-state index contributed by atoms with van der Waals surface area (Å²) in [7, 11) is 0. The van der Waals surface area contributed by atoms with E-state index in [0.29, 0.717) is 12.6 Å². The van der Waals surface area contributed by atoms with Crippen molar-refractivity contribution in [1.29, 1.82) is 0 Å². The summed E-state index contributed by atoms with van der Waals surface area (Å²) >= 11 is 0. The van der Waals surface area contributed by atoms with Gasteiger partial charge in [-0.25, -0.2) is 8.78 Å². The van der Waals surface area contributed by atoms with Crippen molar-refractivity contribution in [2.24, 2.45) is 5.92 Å². The lowest BCUT2D eigenvalue weighted by Crippen LogP contribution is -2.32. The maximum Gasteiger partial charge on any atom is 0.263 e. The second-order valence-electron chi connectivity index (χ2n) is 5.97. The van der Waals surface area contributed by atoms with E-state index >= 15 is 0 Å². The van der Waals surface area contributed by atoms with E-state index in [0.717, 1.165) is 11.5 Å². The fourth-order valence-corrected chi connectivity index (χ4v) is 3.10. The molecule has 1 aliphatic carbocycles. The molecule has 112 valence electrons. The van der Waals surface area contributed by atoms with E-state index in [-0.39, 0.29) is 5.56 Å². The molecule has 1 aliphatic rings. The molecule has 1 nitrogen and oxygen atoms in total. The van der Waals surface area contributed by atoms with Crippen molar-refractivity contribution >= 4 is 0 Å². The van der Waals surface area contributed by atoms with Crippen molar-refractivity contribution in [2.45, 2.75) is 64.5 Å². The molecule has 0 aromatic heterocycles. The summed E-state index contributed by atoms with van der Waals surface area (Å²) in [6, 6.07) is 7.19. The summed E-state index contributed by atoms with van der Waals surface area (Å²) in [6.07, 6.45) is 5.60. The first-order chi connectivity index (χ1) is 9.66. The first-order valence-electron chi connectivity index (χ1n) is 7.77. The Balaban J connectivity index is 1.85. The zero-order valence-corrected chi connectivity index (χ0v) is 12.2. The Hall–Kier alpha value is -0.960. The van der Waals surface area contributed by atoms with Gasteiger partial charge in [-0.1, -0.05) is 43.9 Å². The van der Waals surface area contributed by atoms with Crippen molar-refractivity contribution in [2.75, 3.05) is 0 Å². The Labute approximate surface area is 120 Å². The maximum absolute atomic E-state index is 12.7. The van der Waals surface area contributed by atoms with Crippen molar-refractivity contribution in [3.8, 4) is 0 Å². The van der Waals surface area contributed by atoms with Gasteiger partial charge in [-0.15, -0.1) is 0 Å². The molecule has 0 bridgehead atoms. The number of nitrogens with one attached hydrogen (secondary N) is 1.